The van der Waals surface area contributed by atoms with Crippen LogP contribution in [0.3, 0.4) is 0 Å². The van der Waals surface area contributed by atoms with E-state index in [2.05, 4.69) is 42.3 Å². The Bertz CT molecular complexity index is 712. The Kier molecular flexibility index (Phi) is 5.39. The molecule has 0 radical (unpaired) electrons. The van der Waals surface area contributed by atoms with Gasteiger partial charge in [-0.05, 0) is 42.4 Å². The first-order valence-electron chi connectivity index (χ1n) is 8.12. The van der Waals surface area contributed by atoms with Gasteiger partial charge >= 0.3 is 0 Å². The Morgan fingerprint density at radius 3 is 2.75 bits per heavy atom. The molecule has 0 unspecified atom stereocenters. The van der Waals surface area contributed by atoms with E-state index in [1.165, 1.54) is 5.56 Å². The van der Waals surface area contributed by atoms with Crippen molar-refractivity contribution in [3.05, 3.63) is 59.7 Å². The van der Waals surface area contributed by atoms with Crippen LogP contribution in [0.1, 0.15) is 11.1 Å². The van der Waals surface area contributed by atoms with Gasteiger partial charge in [-0.2, -0.15) is 0 Å². The summed E-state index contributed by atoms with van der Waals surface area (Å²) < 4.78 is 16.4. The Hall–Kier alpha value is -2.46. The number of fused-ring (bicyclic) bond motifs is 1. The summed E-state index contributed by atoms with van der Waals surface area (Å²) in [6, 6.07) is 14.2. The summed E-state index contributed by atoms with van der Waals surface area (Å²) in [5.41, 5.74) is 2.36. The van der Waals surface area contributed by atoms with Gasteiger partial charge in [-0.3, -0.25) is 4.90 Å². The molecular formula is C20H23NO3. The highest BCUT2D eigenvalue weighted by atomic mass is 16.6. The van der Waals surface area contributed by atoms with Crippen molar-refractivity contribution in [1.82, 2.24) is 4.90 Å². The zero-order chi connectivity index (χ0) is 16.8. The molecule has 1 heterocycles. The summed E-state index contributed by atoms with van der Waals surface area (Å²) in [6.45, 7) is 2.97. The monoisotopic (exact) mass is 325 g/mol. The van der Waals surface area contributed by atoms with E-state index < -0.39 is 0 Å². The molecule has 2 aromatic rings. The van der Waals surface area contributed by atoms with Crippen LogP contribution in [0.5, 0.6) is 17.2 Å². The lowest BCUT2D eigenvalue weighted by Gasteiger charge is -2.20. The van der Waals surface area contributed by atoms with Crippen molar-refractivity contribution in [2.24, 2.45) is 0 Å². The van der Waals surface area contributed by atoms with Crippen molar-refractivity contribution in [3.8, 4) is 17.2 Å². The number of nitrogens with zero attached hydrogens (tertiary/aromatic N) is 1. The number of hydrogen-bond acceptors (Lipinski definition) is 4. The Labute approximate surface area is 143 Å². The highest BCUT2D eigenvalue weighted by Gasteiger charge is 2.12. The average molecular weight is 325 g/mol. The SMILES string of the molecule is COc1cccc(C=CCN(C)Cc2ccc3c(c2)OCCO3)c1. The maximum atomic E-state index is 5.64. The molecular weight excluding hydrogens is 302 g/mol. The molecule has 0 amide bonds. The van der Waals surface area contributed by atoms with Gasteiger partial charge in [0.1, 0.15) is 19.0 Å². The number of benzene rings is 2. The van der Waals surface area contributed by atoms with Gasteiger partial charge < -0.3 is 14.2 Å². The first kappa shape index (κ1) is 16.4. The van der Waals surface area contributed by atoms with Gasteiger partial charge in [0.15, 0.2) is 11.5 Å². The molecule has 3 rings (SSSR count). The van der Waals surface area contributed by atoms with Crippen LogP contribution >= 0.6 is 0 Å². The van der Waals surface area contributed by atoms with Crippen LogP contribution in [0.2, 0.25) is 0 Å². The summed E-state index contributed by atoms with van der Waals surface area (Å²) in [4.78, 5) is 2.25. The molecule has 0 N–H and O–H groups in total. The Morgan fingerprint density at radius 1 is 1.08 bits per heavy atom. The summed E-state index contributed by atoms with van der Waals surface area (Å²) in [5, 5.41) is 0. The molecule has 1 aliphatic heterocycles. The highest BCUT2D eigenvalue weighted by Crippen LogP contribution is 2.31. The molecule has 126 valence electrons. The fraction of sp³-hybridized carbons (Fsp3) is 0.300. The predicted octanol–water partition coefficient (Wildman–Crippen LogP) is 3.61. The van der Waals surface area contributed by atoms with E-state index in [4.69, 9.17) is 14.2 Å². The minimum absolute atomic E-state index is 0.621. The number of likely N-dealkylation sites (N-methyl/N-ethyl adjacent to an activating group) is 1. The van der Waals surface area contributed by atoms with Crippen molar-refractivity contribution in [2.75, 3.05) is 33.9 Å². The van der Waals surface area contributed by atoms with E-state index in [0.717, 1.165) is 35.9 Å². The first-order valence-corrected chi connectivity index (χ1v) is 8.12. The molecule has 2 aromatic carbocycles. The van der Waals surface area contributed by atoms with Crippen molar-refractivity contribution in [3.63, 3.8) is 0 Å². The third-order valence-corrected chi connectivity index (χ3v) is 3.88. The van der Waals surface area contributed by atoms with Crippen LogP contribution in [-0.4, -0.2) is 38.8 Å². The zero-order valence-electron chi connectivity index (χ0n) is 14.2. The quantitative estimate of drug-likeness (QED) is 0.812. The fourth-order valence-corrected chi connectivity index (χ4v) is 2.68. The molecule has 1 aliphatic rings. The van der Waals surface area contributed by atoms with Crippen LogP contribution in [0, 0.1) is 0 Å². The second-order valence-electron chi connectivity index (χ2n) is 5.85. The summed E-state index contributed by atoms with van der Waals surface area (Å²) in [6.07, 6.45) is 4.27. The molecule has 0 bridgehead atoms. The fourth-order valence-electron chi connectivity index (χ4n) is 2.68. The largest absolute Gasteiger partial charge is 0.497 e. The third kappa shape index (κ3) is 4.30. The number of rotatable bonds is 6. The van der Waals surface area contributed by atoms with Crippen molar-refractivity contribution in [1.29, 1.82) is 0 Å². The van der Waals surface area contributed by atoms with Crippen LogP contribution in [0.25, 0.3) is 6.08 Å². The van der Waals surface area contributed by atoms with Gasteiger partial charge in [-0.1, -0.05) is 30.4 Å². The smallest absolute Gasteiger partial charge is 0.161 e. The lowest BCUT2D eigenvalue weighted by Crippen LogP contribution is -2.19. The minimum Gasteiger partial charge on any atom is -0.497 e. The molecule has 0 aliphatic carbocycles. The Morgan fingerprint density at radius 2 is 1.92 bits per heavy atom. The molecule has 4 heteroatoms. The zero-order valence-corrected chi connectivity index (χ0v) is 14.2. The van der Waals surface area contributed by atoms with E-state index in [1.807, 2.05) is 24.3 Å². The van der Waals surface area contributed by atoms with Gasteiger partial charge in [0, 0.05) is 13.1 Å². The maximum Gasteiger partial charge on any atom is 0.161 e. The first-order chi connectivity index (χ1) is 11.7. The number of ether oxygens (including phenoxy) is 3. The van der Waals surface area contributed by atoms with E-state index in [9.17, 15) is 0 Å². The molecule has 0 saturated heterocycles. The van der Waals surface area contributed by atoms with Crippen LogP contribution in [-0.2, 0) is 6.54 Å². The van der Waals surface area contributed by atoms with E-state index in [-0.39, 0.29) is 0 Å². The third-order valence-electron chi connectivity index (χ3n) is 3.88. The summed E-state index contributed by atoms with van der Waals surface area (Å²) in [5.74, 6) is 2.56. The minimum atomic E-state index is 0.621. The average Bonchev–Trinajstić information content (AvgIpc) is 2.62. The topological polar surface area (TPSA) is 30.9 Å². The second-order valence-corrected chi connectivity index (χ2v) is 5.85. The standard InChI is InChI=1S/C20H23NO3/c1-21(10-4-6-16-5-3-7-18(13-16)22-2)15-17-8-9-19-20(14-17)24-12-11-23-19/h3-9,13-14H,10-12,15H2,1-2H3. The second kappa shape index (κ2) is 7.88. The van der Waals surface area contributed by atoms with Gasteiger partial charge in [0.05, 0.1) is 7.11 Å². The van der Waals surface area contributed by atoms with Crippen LogP contribution < -0.4 is 14.2 Å². The lowest BCUT2D eigenvalue weighted by molar-refractivity contribution is 0.171. The van der Waals surface area contributed by atoms with Gasteiger partial charge in [0.25, 0.3) is 0 Å². The molecule has 0 atom stereocenters. The van der Waals surface area contributed by atoms with Gasteiger partial charge in [0.2, 0.25) is 0 Å². The van der Waals surface area contributed by atoms with Crippen LogP contribution in [0.4, 0.5) is 0 Å². The number of hydrogen-bond donors (Lipinski definition) is 0. The molecule has 4 nitrogen and oxygen atoms in total. The highest BCUT2D eigenvalue weighted by molar-refractivity contribution is 5.51. The molecule has 0 fully saturated rings. The van der Waals surface area contributed by atoms with Crippen molar-refractivity contribution >= 4 is 6.08 Å². The predicted molar refractivity (Wildman–Crippen MR) is 95.8 cm³/mol. The summed E-state index contributed by atoms with van der Waals surface area (Å²) in [7, 11) is 3.79. The van der Waals surface area contributed by atoms with Crippen molar-refractivity contribution < 1.29 is 14.2 Å². The number of methoxy groups -OCH3 is 1. The van der Waals surface area contributed by atoms with Crippen LogP contribution in [0.15, 0.2) is 48.5 Å². The van der Waals surface area contributed by atoms with E-state index in [0.29, 0.717) is 13.2 Å². The lowest BCUT2D eigenvalue weighted by atomic mass is 10.1. The molecule has 0 aromatic heterocycles. The van der Waals surface area contributed by atoms with E-state index >= 15 is 0 Å². The molecule has 24 heavy (non-hydrogen) atoms. The van der Waals surface area contributed by atoms with Gasteiger partial charge in [-0.25, -0.2) is 0 Å². The molecule has 0 saturated carbocycles. The van der Waals surface area contributed by atoms with E-state index in [1.54, 1.807) is 7.11 Å². The summed E-state index contributed by atoms with van der Waals surface area (Å²) >= 11 is 0. The maximum absolute atomic E-state index is 5.64. The molecule has 0 spiro atoms. The van der Waals surface area contributed by atoms with Crippen molar-refractivity contribution in [2.45, 2.75) is 6.54 Å². The Balaban J connectivity index is 1.55. The normalized spacial score (nSPS) is 13.5. The van der Waals surface area contributed by atoms with Gasteiger partial charge in [-0.15, -0.1) is 0 Å².